The van der Waals surface area contributed by atoms with Crippen LogP contribution in [0.4, 0.5) is 32.3 Å². The van der Waals surface area contributed by atoms with Crippen molar-refractivity contribution in [1.29, 1.82) is 0 Å². The fraction of sp³-hybridized carbons (Fsp3) is 0.500. The number of nitrogens with zero attached hydrogens (tertiary/aromatic N) is 3. The lowest BCUT2D eigenvalue weighted by atomic mass is 10.00. The van der Waals surface area contributed by atoms with Gasteiger partial charge in [-0.3, -0.25) is 0 Å². The molecule has 0 aliphatic heterocycles. The van der Waals surface area contributed by atoms with E-state index in [1.54, 1.807) is 0 Å². The van der Waals surface area contributed by atoms with Crippen molar-refractivity contribution in [3.63, 3.8) is 0 Å². The van der Waals surface area contributed by atoms with Crippen molar-refractivity contribution in [2.75, 3.05) is 5.73 Å². The maximum Gasteiger partial charge on any atom is 0.396 e. The standard InChI is InChI=1S/C12H10F6N4/c1-4(12(16,17)18)9-7(5-2-11(5,14)15)8(13)6-3-20-10(19)21-22(6)9/h3-5H,2H2,1H3,(H2,19,21). The van der Waals surface area contributed by atoms with Gasteiger partial charge in [-0.25, -0.2) is 22.7 Å². The number of hydrogen-bond acceptors (Lipinski definition) is 3. The van der Waals surface area contributed by atoms with E-state index in [0.29, 0.717) is 4.52 Å². The Balaban J connectivity index is 2.31. The molecule has 1 fully saturated rings. The summed E-state index contributed by atoms with van der Waals surface area (Å²) in [6.07, 6.45) is -4.55. The fourth-order valence-electron chi connectivity index (χ4n) is 2.49. The second-order valence-corrected chi connectivity index (χ2v) is 5.31. The Hall–Kier alpha value is -2.00. The van der Waals surface area contributed by atoms with Crippen LogP contribution in [0.25, 0.3) is 5.52 Å². The Kier molecular flexibility index (Phi) is 2.89. The van der Waals surface area contributed by atoms with Gasteiger partial charge in [0, 0.05) is 12.0 Å². The van der Waals surface area contributed by atoms with Crippen molar-refractivity contribution in [3.05, 3.63) is 23.3 Å². The Labute approximate surface area is 119 Å². The Morgan fingerprint density at radius 2 is 2.00 bits per heavy atom. The second-order valence-electron chi connectivity index (χ2n) is 5.31. The molecular formula is C12H10F6N4. The first kappa shape index (κ1) is 14.9. The van der Waals surface area contributed by atoms with Crippen molar-refractivity contribution in [3.8, 4) is 0 Å². The molecule has 0 aromatic carbocycles. The maximum atomic E-state index is 14.4. The molecule has 2 aromatic heterocycles. The molecule has 3 rings (SSSR count). The van der Waals surface area contributed by atoms with Crippen molar-refractivity contribution in [1.82, 2.24) is 14.6 Å². The summed E-state index contributed by atoms with van der Waals surface area (Å²) in [5, 5.41) is 3.55. The summed E-state index contributed by atoms with van der Waals surface area (Å²) in [5.74, 6) is -8.52. The lowest BCUT2D eigenvalue weighted by Crippen LogP contribution is -2.21. The lowest BCUT2D eigenvalue weighted by Gasteiger charge is -2.17. The largest absolute Gasteiger partial charge is 0.396 e. The van der Waals surface area contributed by atoms with E-state index in [1.165, 1.54) is 0 Å². The molecular weight excluding hydrogens is 314 g/mol. The van der Waals surface area contributed by atoms with E-state index >= 15 is 0 Å². The molecule has 2 heterocycles. The first-order chi connectivity index (χ1) is 10.0. The van der Waals surface area contributed by atoms with Crippen LogP contribution in [-0.2, 0) is 0 Å². The molecule has 2 atom stereocenters. The van der Waals surface area contributed by atoms with Crippen LogP contribution in [0, 0.1) is 5.82 Å². The van der Waals surface area contributed by atoms with Crippen LogP contribution in [0.5, 0.6) is 0 Å². The minimum absolute atomic E-state index is 0.382. The summed E-state index contributed by atoms with van der Waals surface area (Å²) in [6.45, 7) is 0.767. The smallest absolute Gasteiger partial charge is 0.367 e. The molecule has 0 spiro atoms. The number of alkyl halides is 5. The van der Waals surface area contributed by atoms with Crippen molar-refractivity contribution >= 4 is 11.5 Å². The van der Waals surface area contributed by atoms with Gasteiger partial charge in [0.05, 0.1) is 23.7 Å². The Morgan fingerprint density at radius 1 is 1.41 bits per heavy atom. The third-order valence-electron chi connectivity index (χ3n) is 3.79. The average Bonchev–Trinajstić information content (AvgIpc) is 2.91. The molecule has 22 heavy (non-hydrogen) atoms. The lowest BCUT2D eigenvalue weighted by molar-refractivity contribution is -0.147. The van der Waals surface area contributed by atoms with Gasteiger partial charge in [0.2, 0.25) is 5.95 Å². The highest BCUT2D eigenvalue weighted by Crippen LogP contribution is 2.59. The van der Waals surface area contributed by atoms with Gasteiger partial charge >= 0.3 is 6.18 Å². The number of nitrogen functional groups attached to an aromatic ring is 1. The quantitative estimate of drug-likeness (QED) is 0.863. The van der Waals surface area contributed by atoms with Crippen molar-refractivity contribution in [2.24, 2.45) is 0 Å². The van der Waals surface area contributed by atoms with E-state index in [2.05, 4.69) is 10.1 Å². The molecule has 1 aliphatic rings. The monoisotopic (exact) mass is 324 g/mol. The highest BCUT2D eigenvalue weighted by molar-refractivity contribution is 5.57. The number of rotatable bonds is 2. The van der Waals surface area contributed by atoms with Gasteiger partial charge in [-0.05, 0) is 6.92 Å². The molecule has 2 N–H and O–H groups in total. The van der Waals surface area contributed by atoms with Crippen molar-refractivity contribution in [2.45, 2.75) is 37.3 Å². The molecule has 0 saturated heterocycles. The molecule has 1 saturated carbocycles. The molecule has 0 radical (unpaired) electrons. The van der Waals surface area contributed by atoms with E-state index in [-0.39, 0.29) is 5.95 Å². The summed E-state index contributed by atoms with van der Waals surface area (Å²) in [5.41, 5.74) is 3.59. The van der Waals surface area contributed by atoms with E-state index < -0.39 is 52.9 Å². The van der Waals surface area contributed by atoms with Crippen molar-refractivity contribution < 1.29 is 26.3 Å². The predicted octanol–water partition coefficient (Wildman–Crippen LogP) is 3.24. The van der Waals surface area contributed by atoms with Crippen LogP contribution >= 0.6 is 0 Å². The molecule has 4 nitrogen and oxygen atoms in total. The molecule has 0 bridgehead atoms. The highest BCUT2D eigenvalue weighted by atomic mass is 19.4. The zero-order chi connectivity index (χ0) is 16.4. The van der Waals surface area contributed by atoms with Gasteiger partial charge in [-0.2, -0.15) is 13.2 Å². The summed E-state index contributed by atoms with van der Waals surface area (Å²) in [7, 11) is 0. The van der Waals surface area contributed by atoms with Gasteiger partial charge in [0.1, 0.15) is 5.52 Å². The molecule has 2 aromatic rings. The van der Waals surface area contributed by atoms with Gasteiger partial charge in [0.25, 0.3) is 5.92 Å². The van der Waals surface area contributed by atoms with Crippen LogP contribution in [0.3, 0.4) is 0 Å². The third-order valence-corrected chi connectivity index (χ3v) is 3.79. The van der Waals surface area contributed by atoms with Crippen LogP contribution in [0.1, 0.15) is 36.4 Å². The highest BCUT2D eigenvalue weighted by Gasteiger charge is 2.61. The maximum absolute atomic E-state index is 14.4. The number of halogens is 6. The molecule has 2 unspecified atom stereocenters. The second kappa shape index (κ2) is 4.26. The number of fused-ring (bicyclic) bond motifs is 1. The van der Waals surface area contributed by atoms with E-state index in [4.69, 9.17) is 5.73 Å². The molecule has 0 amide bonds. The van der Waals surface area contributed by atoms with Gasteiger partial charge in [-0.1, -0.05) is 0 Å². The zero-order valence-electron chi connectivity index (χ0n) is 11.1. The SMILES string of the molecule is CC(c1c(C2CC2(F)F)c(F)c2cnc(N)nn12)C(F)(F)F. The first-order valence-corrected chi connectivity index (χ1v) is 6.31. The minimum Gasteiger partial charge on any atom is -0.367 e. The summed E-state index contributed by atoms with van der Waals surface area (Å²) in [6, 6.07) is 0. The summed E-state index contributed by atoms with van der Waals surface area (Å²) >= 11 is 0. The van der Waals surface area contributed by atoms with Gasteiger partial charge < -0.3 is 5.73 Å². The normalized spacial score (nSPS) is 22.0. The number of anilines is 1. The van der Waals surface area contributed by atoms with Gasteiger partial charge in [-0.15, -0.1) is 5.10 Å². The molecule has 120 valence electrons. The van der Waals surface area contributed by atoms with E-state index in [0.717, 1.165) is 13.1 Å². The first-order valence-electron chi connectivity index (χ1n) is 6.31. The van der Waals surface area contributed by atoms with Crippen LogP contribution in [0.2, 0.25) is 0 Å². The average molecular weight is 324 g/mol. The predicted molar refractivity (Wildman–Crippen MR) is 64.1 cm³/mol. The Morgan fingerprint density at radius 3 is 2.50 bits per heavy atom. The summed E-state index contributed by atoms with van der Waals surface area (Å²) in [4.78, 5) is 3.50. The zero-order valence-corrected chi connectivity index (χ0v) is 11.1. The number of aromatic nitrogens is 3. The third kappa shape index (κ3) is 2.08. The molecule has 1 aliphatic carbocycles. The van der Waals surface area contributed by atoms with Crippen LogP contribution in [-0.4, -0.2) is 26.7 Å². The van der Waals surface area contributed by atoms with E-state index in [1.807, 2.05) is 0 Å². The number of hydrogen-bond donors (Lipinski definition) is 1. The Bertz CT molecular complexity index is 750. The molecule has 10 heteroatoms. The topological polar surface area (TPSA) is 56.2 Å². The summed E-state index contributed by atoms with van der Waals surface area (Å²) < 4.78 is 80.7. The minimum atomic E-state index is -4.74. The number of nitrogens with two attached hydrogens (primary N) is 1. The van der Waals surface area contributed by atoms with Crippen LogP contribution < -0.4 is 5.73 Å². The fourth-order valence-corrected chi connectivity index (χ4v) is 2.49. The van der Waals surface area contributed by atoms with Gasteiger partial charge in [0.15, 0.2) is 5.82 Å². The van der Waals surface area contributed by atoms with E-state index in [9.17, 15) is 26.3 Å². The van der Waals surface area contributed by atoms with Crippen LogP contribution in [0.15, 0.2) is 6.20 Å².